The van der Waals surface area contributed by atoms with Crippen LogP contribution in [-0.2, 0) is 11.0 Å². The Balaban J connectivity index is 2.96. The van der Waals surface area contributed by atoms with Crippen molar-refractivity contribution in [1.82, 2.24) is 5.43 Å². The van der Waals surface area contributed by atoms with E-state index in [9.17, 15) is 18.0 Å². The fraction of sp³-hybridized carbons (Fsp3) is 0.200. The molecule has 1 rings (SSSR count). The fourth-order valence-electron chi connectivity index (χ4n) is 1.06. The molecule has 0 saturated carbocycles. The molecule has 86 valence electrons. The van der Waals surface area contributed by atoms with Gasteiger partial charge in [-0.1, -0.05) is 18.2 Å². The van der Waals surface area contributed by atoms with Gasteiger partial charge in [0.25, 0.3) is 0 Å². The number of alkyl halides is 3. The molecule has 1 N–H and O–H groups in total. The molecule has 3 nitrogen and oxygen atoms in total. The Morgan fingerprint density at radius 3 is 2.56 bits per heavy atom. The lowest BCUT2D eigenvalue weighted by atomic mass is 10.1. The average molecular weight is 230 g/mol. The number of carbonyl (C=O) groups is 1. The van der Waals surface area contributed by atoms with E-state index in [1.54, 1.807) is 0 Å². The SMILES string of the molecule is CC(=O)N/N=C/c1ccccc1C(F)(F)F. The van der Waals surface area contributed by atoms with Crippen molar-refractivity contribution >= 4 is 12.1 Å². The van der Waals surface area contributed by atoms with Gasteiger partial charge >= 0.3 is 6.18 Å². The molecule has 6 heteroatoms. The summed E-state index contributed by atoms with van der Waals surface area (Å²) in [4.78, 5) is 10.5. The van der Waals surface area contributed by atoms with Crippen LogP contribution < -0.4 is 5.43 Å². The minimum Gasteiger partial charge on any atom is -0.274 e. The second kappa shape index (κ2) is 4.78. The predicted octanol–water partition coefficient (Wildman–Crippen LogP) is 2.18. The zero-order valence-electron chi connectivity index (χ0n) is 8.38. The molecule has 0 saturated heterocycles. The van der Waals surface area contributed by atoms with E-state index < -0.39 is 17.6 Å². The van der Waals surface area contributed by atoms with Crippen molar-refractivity contribution in [3.63, 3.8) is 0 Å². The number of hydrogen-bond donors (Lipinski definition) is 1. The van der Waals surface area contributed by atoms with Crippen LogP contribution in [0.5, 0.6) is 0 Å². The molecule has 0 spiro atoms. The number of rotatable bonds is 2. The Morgan fingerprint density at radius 2 is 2.00 bits per heavy atom. The highest BCUT2D eigenvalue weighted by Crippen LogP contribution is 2.30. The molecular formula is C10H9F3N2O. The van der Waals surface area contributed by atoms with Gasteiger partial charge < -0.3 is 0 Å². The van der Waals surface area contributed by atoms with Crippen LogP contribution >= 0.6 is 0 Å². The van der Waals surface area contributed by atoms with Gasteiger partial charge in [0.2, 0.25) is 5.91 Å². The van der Waals surface area contributed by atoms with Gasteiger partial charge in [0, 0.05) is 12.5 Å². The minimum absolute atomic E-state index is 0.0937. The largest absolute Gasteiger partial charge is 0.417 e. The van der Waals surface area contributed by atoms with E-state index >= 15 is 0 Å². The number of nitrogens with one attached hydrogen (secondary N) is 1. The third kappa shape index (κ3) is 3.38. The second-order valence-electron chi connectivity index (χ2n) is 3.01. The Labute approximate surface area is 90.0 Å². The highest BCUT2D eigenvalue weighted by Gasteiger charge is 2.32. The topological polar surface area (TPSA) is 41.5 Å². The first-order valence-corrected chi connectivity index (χ1v) is 4.37. The molecule has 16 heavy (non-hydrogen) atoms. The maximum Gasteiger partial charge on any atom is 0.417 e. The van der Waals surface area contributed by atoms with Gasteiger partial charge in [-0.3, -0.25) is 4.79 Å². The predicted molar refractivity (Wildman–Crippen MR) is 52.9 cm³/mol. The summed E-state index contributed by atoms with van der Waals surface area (Å²) in [5.41, 5.74) is 1.15. The lowest BCUT2D eigenvalue weighted by Crippen LogP contribution is -2.13. The third-order valence-electron chi connectivity index (χ3n) is 1.69. The summed E-state index contributed by atoms with van der Waals surface area (Å²) < 4.78 is 37.5. The zero-order chi connectivity index (χ0) is 12.2. The van der Waals surface area contributed by atoms with Crippen LogP contribution in [0.1, 0.15) is 18.1 Å². The Hall–Kier alpha value is -1.85. The maximum absolute atomic E-state index is 12.5. The molecule has 0 aliphatic heterocycles. The molecule has 0 bridgehead atoms. The summed E-state index contributed by atoms with van der Waals surface area (Å²) in [6.45, 7) is 1.22. The Bertz CT molecular complexity index is 413. The van der Waals surface area contributed by atoms with Crippen molar-refractivity contribution < 1.29 is 18.0 Å². The van der Waals surface area contributed by atoms with Crippen molar-refractivity contribution in [3.8, 4) is 0 Å². The molecule has 0 fully saturated rings. The summed E-state index contributed by atoms with van der Waals surface area (Å²) in [6, 6.07) is 4.98. The first kappa shape index (κ1) is 12.2. The van der Waals surface area contributed by atoms with Crippen LogP contribution in [0.3, 0.4) is 0 Å². The van der Waals surface area contributed by atoms with E-state index in [-0.39, 0.29) is 5.56 Å². The van der Waals surface area contributed by atoms with E-state index in [0.717, 1.165) is 12.3 Å². The molecule has 0 heterocycles. The van der Waals surface area contributed by atoms with E-state index in [0.29, 0.717) is 0 Å². The lowest BCUT2D eigenvalue weighted by molar-refractivity contribution is -0.137. The van der Waals surface area contributed by atoms with Crippen molar-refractivity contribution in [2.45, 2.75) is 13.1 Å². The summed E-state index contributed by atoms with van der Waals surface area (Å²) >= 11 is 0. The molecule has 1 aromatic carbocycles. The van der Waals surface area contributed by atoms with Gasteiger partial charge in [0.1, 0.15) is 0 Å². The van der Waals surface area contributed by atoms with Gasteiger partial charge in [-0.2, -0.15) is 18.3 Å². The highest BCUT2D eigenvalue weighted by atomic mass is 19.4. The number of nitrogens with zero attached hydrogens (tertiary/aromatic N) is 1. The monoisotopic (exact) mass is 230 g/mol. The molecular weight excluding hydrogens is 221 g/mol. The zero-order valence-corrected chi connectivity index (χ0v) is 8.38. The number of carbonyl (C=O) groups excluding carboxylic acids is 1. The third-order valence-corrected chi connectivity index (χ3v) is 1.69. The first-order chi connectivity index (χ1) is 7.41. The molecule has 0 atom stereocenters. The summed E-state index contributed by atoms with van der Waals surface area (Å²) in [5, 5.41) is 3.39. The van der Waals surface area contributed by atoms with Crippen molar-refractivity contribution in [2.24, 2.45) is 5.10 Å². The van der Waals surface area contributed by atoms with E-state index in [1.165, 1.54) is 25.1 Å². The number of hydrazone groups is 1. The molecule has 0 unspecified atom stereocenters. The summed E-state index contributed by atoms with van der Waals surface area (Å²) in [6.07, 6.45) is -3.47. The van der Waals surface area contributed by atoms with Gasteiger partial charge in [-0.15, -0.1) is 0 Å². The van der Waals surface area contributed by atoms with Crippen LogP contribution in [0.2, 0.25) is 0 Å². The number of benzene rings is 1. The average Bonchev–Trinajstić information content (AvgIpc) is 2.16. The van der Waals surface area contributed by atoms with Crippen molar-refractivity contribution in [1.29, 1.82) is 0 Å². The lowest BCUT2D eigenvalue weighted by Gasteiger charge is -2.08. The molecule has 0 aliphatic carbocycles. The number of amides is 1. The van der Waals surface area contributed by atoms with Crippen LogP contribution in [0.15, 0.2) is 29.4 Å². The van der Waals surface area contributed by atoms with E-state index in [4.69, 9.17) is 0 Å². The Morgan fingerprint density at radius 1 is 1.38 bits per heavy atom. The van der Waals surface area contributed by atoms with Crippen LogP contribution in [-0.4, -0.2) is 12.1 Å². The van der Waals surface area contributed by atoms with Gasteiger partial charge in [0.05, 0.1) is 11.8 Å². The second-order valence-corrected chi connectivity index (χ2v) is 3.01. The van der Waals surface area contributed by atoms with E-state index in [1.807, 2.05) is 5.43 Å². The molecule has 0 aliphatic rings. The van der Waals surface area contributed by atoms with E-state index in [2.05, 4.69) is 5.10 Å². The van der Waals surface area contributed by atoms with Crippen LogP contribution in [0.4, 0.5) is 13.2 Å². The maximum atomic E-state index is 12.5. The quantitative estimate of drug-likeness (QED) is 0.614. The number of hydrogen-bond acceptors (Lipinski definition) is 2. The highest BCUT2D eigenvalue weighted by molar-refractivity contribution is 5.83. The Kier molecular flexibility index (Phi) is 3.65. The van der Waals surface area contributed by atoms with Gasteiger partial charge in [-0.05, 0) is 6.07 Å². The minimum atomic E-state index is -4.43. The molecule has 0 aromatic heterocycles. The first-order valence-electron chi connectivity index (χ1n) is 4.37. The number of halogens is 3. The van der Waals surface area contributed by atoms with Gasteiger partial charge in [-0.25, -0.2) is 5.43 Å². The van der Waals surface area contributed by atoms with Crippen LogP contribution in [0, 0.1) is 0 Å². The molecule has 1 amide bonds. The fourth-order valence-corrected chi connectivity index (χ4v) is 1.06. The normalized spacial score (nSPS) is 11.8. The van der Waals surface area contributed by atoms with Crippen LogP contribution in [0.25, 0.3) is 0 Å². The summed E-state index contributed by atoms with van der Waals surface area (Å²) in [7, 11) is 0. The summed E-state index contributed by atoms with van der Waals surface area (Å²) in [5.74, 6) is -0.444. The smallest absolute Gasteiger partial charge is 0.274 e. The molecule has 0 radical (unpaired) electrons. The van der Waals surface area contributed by atoms with Crippen molar-refractivity contribution in [3.05, 3.63) is 35.4 Å². The van der Waals surface area contributed by atoms with Gasteiger partial charge in [0.15, 0.2) is 0 Å². The standard InChI is InChI=1S/C10H9F3N2O/c1-7(16)15-14-6-8-4-2-3-5-9(8)10(11,12)13/h2-6H,1H3,(H,15,16)/b14-6+. The molecule has 1 aromatic rings. The van der Waals surface area contributed by atoms with Crippen molar-refractivity contribution in [2.75, 3.05) is 0 Å².